The number of nitrogens with zero attached hydrogens (tertiary/aromatic N) is 1. The van der Waals surface area contributed by atoms with Gasteiger partial charge in [-0.05, 0) is 92.0 Å². The van der Waals surface area contributed by atoms with Crippen LogP contribution >= 0.6 is 0 Å². The first-order valence-corrected chi connectivity index (χ1v) is 14.9. The fraction of sp³-hybridized carbons (Fsp3) is 0. The Morgan fingerprint density at radius 3 is 1.78 bits per heavy atom. The molecule has 0 spiro atoms. The van der Waals surface area contributed by atoms with Gasteiger partial charge in [0, 0.05) is 16.8 Å². The molecule has 8 aromatic carbocycles. The molecule has 0 radical (unpaired) electrons. The molecule has 0 aliphatic rings. The van der Waals surface area contributed by atoms with Crippen LogP contribution in [0.2, 0.25) is 0 Å². The second-order valence-electron chi connectivity index (χ2n) is 10.9. The Balaban J connectivity index is 1.34. The van der Waals surface area contributed by atoms with Crippen molar-refractivity contribution in [2.24, 2.45) is 0 Å². The first-order valence-electron chi connectivity index (χ1n) is 18.4. The number of rotatable bonds is 6. The van der Waals surface area contributed by atoms with Crippen molar-refractivity contribution in [3.05, 3.63) is 188 Å². The Morgan fingerprint density at radius 2 is 0.956 bits per heavy atom. The van der Waals surface area contributed by atoms with Crippen molar-refractivity contribution in [2.45, 2.75) is 0 Å². The van der Waals surface area contributed by atoms with E-state index >= 15 is 0 Å². The van der Waals surface area contributed by atoms with E-state index in [0.29, 0.717) is 11.4 Å². The van der Waals surface area contributed by atoms with Crippen LogP contribution < -0.4 is 4.90 Å². The van der Waals surface area contributed by atoms with E-state index in [9.17, 15) is 1.37 Å². The molecule has 8 rings (SSSR count). The molecule has 0 saturated carbocycles. The smallest absolute Gasteiger partial charge is 0.0645 e. The van der Waals surface area contributed by atoms with Crippen molar-refractivity contribution in [1.29, 1.82) is 0 Å². The average Bonchev–Trinajstić information content (AvgIpc) is 3.19. The second kappa shape index (κ2) is 11.6. The van der Waals surface area contributed by atoms with Gasteiger partial charge in [-0.15, -0.1) is 0 Å². The van der Waals surface area contributed by atoms with E-state index in [0.717, 1.165) is 44.2 Å². The molecule has 0 aliphatic heterocycles. The van der Waals surface area contributed by atoms with Crippen molar-refractivity contribution in [3.8, 4) is 33.4 Å². The zero-order valence-corrected chi connectivity index (χ0v) is 24.3. The minimum Gasteiger partial charge on any atom is -0.310 e. The SMILES string of the molecule is [2H]c1c([2H])c([2H])c2c(N(c3ccc(-c4cccc(-c5ccccc5)c4)cc3)c3cccc(-c4ccc5ccccc5c4)c3)c([2H])c([2H])c([2H])c2c1[2H]. The lowest BCUT2D eigenvalue weighted by molar-refractivity contribution is 1.30. The van der Waals surface area contributed by atoms with Crippen LogP contribution in [-0.2, 0) is 0 Å². The van der Waals surface area contributed by atoms with Crippen molar-refractivity contribution in [3.63, 3.8) is 0 Å². The van der Waals surface area contributed by atoms with Crippen molar-refractivity contribution in [2.75, 3.05) is 4.90 Å². The van der Waals surface area contributed by atoms with Crippen LogP contribution in [0.4, 0.5) is 17.1 Å². The Kier molecular flexibility index (Phi) is 5.20. The topological polar surface area (TPSA) is 3.24 Å². The lowest BCUT2D eigenvalue weighted by Gasteiger charge is -2.27. The van der Waals surface area contributed by atoms with E-state index in [4.69, 9.17) is 8.22 Å². The maximum absolute atomic E-state index is 9.23. The van der Waals surface area contributed by atoms with Gasteiger partial charge in [-0.25, -0.2) is 0 Å². The third-order valence-electron chi connectivity index (χ3n) is 8.13. The Hall–Kier alpha value is -5.92. The largest absolute Gasteiger partial charge is 0.310 e. The molecule has 8 aromatic rings. The number of fused-ring (bicyclic) bond motifs is 2. The zero-order valence-electron chi connectivity index (χ0n) is 31.3. The fourth-order valence-electron chi connectivity index (χ4n) is 5.88. The van der Waals surface area contributed by atoms with E-state index < -0.39 is 30.2 Å². The molecule has 0 bridgehead atoms. The van der Waals surface area contributed by atoms with E-state index in [1.165, 1.54) is 0 Å². The van der Waals surface area contributed by atoms with Crippen LogP contribution in [-0.4, -0.2) is 0 Å². The van der Waals surface area contributed by atoms with Gasteiger partial charge in [0.15, 0.2) is 0 Å². The molecule has 0 atom stereocenters. The minimum atomic E-state index is -0.485. The molecule has 0 saturated heterocycles. The van der Waals surface area contributed by atoms with E-state index in [2.05, 4.69) is 60.7 Å². The number of anilines is 3. The summed E-state index contributed by atoms with van der Waals surface area (Å²) in [4.78, 5) is 1.78. The van der Waals surface area contributed by atoms with Crippen molar-refractivity contribution >= 4 is 38.6 Å². The summed E-state index contributed by atoms with van der Waals surface area (Å²) in [5, 5.41) is 2.14. The summed E-state index contributed by atoms with van der Waals surface area (Å²) >= 11 is 0. The predicted octanol–water partition coefficient (Wildman–Crippen LogP) is 12.5. The molecule has 0 aromatic heterocycles. The summed E-state index contributed by atoms with van der Waals surface area (Å²) in [5.41, 5.74) is 7.43. The van der Waals surface area contributed by atoms with Gasteiger partial charge in [0.1, 0.15) is 0 Å². The fourth-order valence-corrected chi connectivity index (χ4v) is 5.88. The number of hydrogen-bond acceptors (Lipinski definition) is 1. The molecule has 45 heavy (non-hydrogen) atoms. The van der Waals surface area contributed by atoms with Crippen LogP contribution in [0.3, 0.4) is 0 Å². The molecule has 0 N–H and O–H groups in total. The first kappa shape index (κ1) is 20.1. The highest BCUT2D eigenvalue weighted by Gasteiger charge is 2.16. The highest BCUT2D eigenvalue weighted by molar-refractivity contribution is 5.99. The van der Waals surface area contributed by atoms with Crippen LogP contribution in [0, 0.1) is 0 Å². The number of hydrogen-bond donors (Lipinski definition) is 0. The minimum absolute atomic E-state index is 0.0211. The summed E-state index contributed by atoms with van der Waals surface area (Å²) in [5.74, 6) is 0. The van der Waals surface area contributed by atoms with E-state index in [-0.39, 0.29) is 28.5 Å². The molecule has 0 aliphatic carbocycles. The van der Waals surface area contributed by atoms with Gasteiger partial charge in [0.2, 0.25) is 0 Å². The van der Waals surface area contributed by atoms with E-state index in [1.807, 2.05) is 84.9 Å². The molecule has 0 heterocycles. The molecule has 212 valence electrons. The van der Waals surface area contributed by atoms with Gasteiger partial charge < -0.3 is 4.90 Å². The highest BCUT2D eigenvalue weighted by Crippen LogP contribution is 2.41. The molecule has 0 amide bonds. The normalized spacial score (nSPS) is 13.3. The number of benzene rings is 8. The van der Waals surface area contributed by atoms with Gasteiger partial charge in [0.25, 0.3) is 0 Å². The van der Waals surface area contributed by atoms with Crippen LogP contribution in [0.1, 0.15) is 9.60 Å². The zero-order chi connectivity index (χ0) is 36.1. The molecule has 0 unspecified atom stereocenters. The van der Waals surface area contributed by atoms with Gasteiger partial charge in [-0.3, -0.25) is 0 Å². The molecular weight excluding hydrogens is 542 g/mol. The maximum Gasteiger partial charge on any atom is 0.0645 e. The summed E-state index contributed by atoms with van der Waals surface area (Å²) in [6.07, 6.45) is 0. The standard InChI is InChI=1S/C44H31N/c1-2-11-32(12-3-1)37-17-8-18-38(29-37)34-25-27-41(28-26-34)45(44-22-10-16-35-14-6-7-21-43(35)44)42-20-9-19-39(31-42)40-24-23-33-13-4-5-15-36(33)30-40/h1-31H/i6D,7D,10D,14D,16D,21D,22D. The van der Waals surface area contributed by atoms with Crippen molar-refractivity contribution < 1.29 is 9.60 Å². The monoisotopic (exact) mass is 580 g/mol. The van der Waals surface area contributed by atoms with Gasteiger partial charge in [-0.1, -0.05) is 145 Å². The second-order valence-corrected chi connectivity index (χ2v) is 10.9. The van der Waals surface area contributed by atoms with Crippen molar-refractivity contribution in [1.82, 2.24) is 0 Å². The summed E-state index contributed by atoms with van der Waals surface area (Å²) in [6, 6.07) is 45.6. The predicted molar refractivity (Wildman–Crippen MR) is 192 cm³/mol. The maximum atomic E-state index is 9.23. The third-order valence-corrected chi connectivity index (χ3v) is 8.13. The summed E-state index contributed by atoms with van der Waals surface area (Å²) in [7, 11) is 0. The molecular formula is C44H31N. The summed E-state index contributed by atoms with van der Waals surface area (Å²) in [6.45, 7) is 0. The molecule has 1 heteroatoms. The average molecular weight is 581 g/mol. The Bertz CT molecular complexity index is 2650. The van der Waals surface area contributed by atoms with Gasteiger partial charge >= 0.3 is 0 Å². The lowest BCUT2D eigenvalue weighted by Crippen LogP contribution is -2.10. The Labute approximate surface area is 274 Å². The third kappa shape index (κ3) is 5.26. The first-order chi connectivity index (χ1) is 25.2. The van der Waals surface area contributed by atoms with Crippen LogP contribution in [0.5, 0.6) is 0 Å². The van der Waals surface area contributed by atoms with E-state index in [1.54, 1.807) is 4.90 Å². The van der Waals surface area contributed by atoms with Gasteiger partial charge in [0.05, 0.1) is 15.3 Å². The van der Waals surface area contributed by atoms with Crippen LogP contribution in [0.15, 0.2) is 188 Å². The summed E-state index contributed by atoms with van der Waals surface area (Å²) < 4.78 is 61.4. The van der Waals surface area contributed by atoms with Crippen LogP contribution in [0.25, 0.3) is 54.9 Å². The van der Waals surface area contributed by atoms with Gasteiger partial charge in [-0.2, -0.15) is 0 Å². The molecule has 1 nitrogen and oxygen atoms in total. The quantitative estimate of drug-likeness (QED) is 0.189. The lowest BCUT2D eigenvalue weighted by atomic mass is 9.98. The highest BCUT2D eigenvalue weighted by atomic mass is 15.1. The molecule has 0 fully saturated rings. The Morgan fingerprint density at radius 1 is 0.356 bits per heavy atom.